The zero-order chi connectivity index (χ0) is 12.4. The monoisotopic (exact) mass is 271 g/mol. The number of aliphatic hydroxyl groups excluding tert-OH is 1. The van der Waals surface area contributed by atoms with Gasteiger partial charge in [-0.05, 0) is 24.8 Å². The molecule has 0 aliphatic heterocycles. The first-order valence-electron chi connectivity index (χ1n) is 5.41. The van der Waals surface area contributed by atoms with E-state index >= 15 is 0 Å². The average molecular weight is 272 g/mol. The molecule has 17 heavy (non-hydrogen) atoms. The second-order valence-electron chi connectivity index (χ2n) is 3.81. The molecule has 0 bridgehead atoms. The topological polar surface area (TPSA) is 50.9 Å². The van der Waals surface area contributed by atoms with Crippen LogP contribution in [0.4, 0.5) is 0 Å². The van der Waals surface area contributed by atoms with E-state index in [9.17, 15) is 5.11 Å². The highest BCUT2D eigenvalue weighted by Crippen LogP contribution is 2.33. The number of hydrogen-bond acceptors (Lipinski definition) is 4. The summed E-state index contributed by atoms with van der Waals surface area (Å²) in [5, 5.41) is 16.8. The van der Waals surface area contributed by atoms with E-state index < -0.39 is 6.10 Å². The van der Waals surface area contributed by atoms with Crippen molar-refractivity contribution in [3.8, 4) is 0 Å². The first-order chi connectivity index (χ1) is 8.13. The Balaban J connectivity index is 2.17. The van der Waals surface area contributed by atoms with Gasteiger partial charge in [0.15, 0.2) is 0 Å². The normalized spacial score (nSPS) is 12.9. The third-order valence-corrected chi connectivity index (χ3v) is 4.41. The van der Waals surface area contributed by atoms with E-state index in [1.807, 2.05) is 19.2 Å². The van der Waals surface area contributed by atoms with Crippen molar-refractivity contribution in [2.24, 2.45) is 0 Å². The lowest BCUT2D eigenvalue weighted by atomic mass is 10.2. The van der Waals surface area contributed by atoms with Gasteiger partial charge in [-0.3, -0.25) is 4.68 Å². The van der Waals surface area contributed by atoms with Crippen LogP contribution in [0.2, 0.25) is 5.02 Å². The fourth-order valence-electron chi connectivity index (χ4n) is 1.65. The summed E-state index contributed by atoms with van der Waals surface area (Å²) in [6, 6.07) is 0. The van der Waals surface area contributed by atoms with Crippen LogP contribution in [0.15, 0.2) is 11.7 Å². The predicted octanol–water partition coefficient (Wildman–Crippen LogP) is 2.60. The molecule has 0 radical (unpaired) electrons. The Hall–Kier alpha value is -0.910. The molecule has 1 unspecified atom stereocenters. The van der Waals surface area contributed by atoms with Crippen LogP contribution in [0, 0.1) is 6.92 Å². The minimum absolute atomic E-state index is 0.438. The summed E-state index contributed by atoms with van der Waals surface area (Å²) in [6.07, 6.45) is 1.33. The fourth-order valence-corrected chi connectivity index (χ4v) is 2.96. The van der Waals surface area contributed by atoms with Crippen LogP contribution in [-0.2, 0) is 13.0 Å². The van der Waals surface area contributed by atoms with Crippen molar-refractivity contribution in [1.82, 2.24) is 14.8 Å². The standard InChI is InChI=1S/C11H14ClN3OS/c1-3-15-9(13-6-14-15)4-8(16)11-10(12)7(2)5-17-11/h5-6,8,16H,3-4H2,1-2H3. The molecule has 1 N–H and O–H groups in total. The Bertz CT molecular complexity index is 509. The lowest BCUT2D eigenvalue weighted by Gasteiger charge is -2.09. The van der Waals surface area contributed by atoms with Crippen molar-refractivity contribution < 1.29 is 5.11 Å². The molecular formula is C11H14ClN3OS. The molecule has 2 aromatic heterocycles. The minimum Gasteiger partial charge on any atom is -0.387 e. The van der Waals surface area contributed by atoms with Gasteiger partial charge in [0.1, 0.15) is 12.2 Å². The molecule has 0 aromatic carbocycles. The zero-order valence-electron chi connectivity index (χ0n) is 9.72. The largest absolute Gasteiger partial charge is 0.387 e. The van der Waals surface area contributed by atoms with E-state index in [0.29, 0.717) is 11.4 Å². The smallest absolute Gasteiger partial charge is 0.138 e. The predicted molar refractivity (Wildman–Crippen MR) is 68.4 cm³/mol. The van der Waals surface area contributed by atoms with Gasteiger partial charge in [-0.2, -0.15) is 5.10 Å². The molecule has 2 aromatic rings. The Morgan fingerprint density at radius 2 is 2.35 bits per heavy atom. The van der Waals surface area contributed by atoms with E-state index in [1.54, 1.807) is 4.68 Å². The molecule has 0 amide bonds. The Morgan fingerprint density at radius 1 is 1.59 bits per heavy atom. The summed E-state index contributed by atoms with van der Waals surface area (Å²) < 4.78 is 1.78. The quantitative estimate of drug-likeness (QED) is 0.930. The molecule has 92 valence electrons. The zero-order valence-corrected chi connectivity index (χ0v) is 11.3. The van der Waals surface area contributed by atoms with Crippen molar-refractivity contribution in [3.05, 3.63) is 33.0 Å². The molecule has 0 saturated carbocycles. The Labute approximate surface area is 109 Å². The van der Waals surface area contributed by atoms with Crippen LogP contribution in [0.5, 0.6) is 0 Å². The second kappa shape index (κ2) is 5.16. The van der Waals surface area contributed by atoms with Gasteiger partial charge in [0.25, 0.3) is 0 Å². The van der Waals surface area contributed by atoms with Crippen molar-refractivity contribution in [2.45, 2.75) is 32.9 Å². The highest BCUT2D eigenvalue weighted by Gasteiger charge is 2.18. The number of aromatic nitrogens is 3. The SMILES string of the molecule is CCn1ncnc1CC(O)c1scc(C)c1Cl. The van der Waals surface area contributed by atoms with Crippen LogP contribution in [0.3, 0.4) is 0 Å². The fraction of sp³-hybridized carbons (Fsp3) is 0.455. The van der Waals surface area contributed by atoms with Crippen molar-refractivity contribution in [1.29, 1.82) is 0 Å². The molecule has 1 atom stereocenters. The maximum Gasteiger partial charge on any atom is 0.138 e. The van der Waals surface area contributed by atoms with E-state index in [-0.39, 0.29) is 0 Å². The second-order valence-corrected chi connectivity index (χ2v) is 5.10. The summed E-state index contributed by atoms with van der Waals surface area (Å²) in [5.74, 6) is 0.780. The summed E-state index contributed by atoms with van der Waals surface area (Å²) in [7, 11) is 0. The molecule has 4 nitrogen and oxygen atoms in total. The van der Waals surface area contributed by atoms with Gasteiger partial charge >= 0.3 is 0 Å². The lowest BCUT2D eigenvalue weighted by Crippen LogP contribution is -2.09. The summed E-state index contributed by atoms with van der Waals surface area (Å²) in [5.41, 5.74) is 1.00. The van der Waals surface area contributed by atoms with Gasteiger partial charge < -0.3 is 5.11 Å². The molecule has 0 aliphatic rings. The average Bonchev–Trinajstić information content (AvgIpc) is 2.87. The van der Waals surface area contributed by atoms with Gasteiger partial charge in [0.2, 0.25) is 0 Å². The number of thiophene rings is 1. The van der Waals surface area contributed by atoms with Crippen molar-refractivity contribution in [3.63, 3.8) is 0 Å². The molecule has 0 spiro atoms. The first-order valence-corrected chi connectivity index (χ1v) is 6.67. The molecule has 2 rings (SSSR count). The van der Waals surface area contributed by atoms with Gasteiger partial charge in [0.05, 0.1) is 16.0 Å². The van der Waals surface area contributed by atoms with E-state index in [0.717, 1.165) is 22.8 Å². The molecule has 6 heteroatoms. The van der Waals surface area contributed by atoms with Crippen molar-refractivity contribution >= 4 is 22.9 Å². The van der Waals surface area contributed by atoms with E-state index in [1.165, 1.54) is 17.7 Å². The Kier molecular flexibility index (Phi) is 3.81. The molecule has 0 fully saturated rings. The number of aliphatic hydroxyl groups is 1. The molecule has 2 heterocycles. The van der Waals surface area contributed by atoms with Crippen LogP contribution in [-0.4, -0.2) is 19.9 Å². The summed E-state index contributed by atoms with van der Waals surface area (Å²) >= 11 is 7.61. The minimum atomic E-state index is -0.615. The van der Waals surface area contributed by atoms with Gasteiger partial charge in [-0.1, -0.05) is 11.6 Å². The van der Waals surface area contributed by atoms with Crippen molar-refractivity contribution in [2.75, 3.05) is 0 Å². The van der Waals surface area contributed by atoms with E-state index in [4.69, 9.17) is 11.6 Å². The van der Waals surface area contributed by atoms with Gasteiger partial charge in [-0.25, -0.2) is 4.98 Å². The van der Waals surface area contributed by atoms with Crippen LogP contribution in [0.25, 0.3) is 0 Å². The number of halogens is 1. The maximum absolute atomic E-state index is 10.2. The highest BCUT2D eigenvalue weighted by atomic mass is 35.5. The number of rotatable bonds is 4. The highest BCUT2D eigenvalue weighted by molar-refractivity contribution is 7.10. The number of aryl methyl sites for hydroxylation is 2. The third kappa shape index (κ3) is 2.51. The molecule has 0 aliphatic carbocycles. The van der Waals surface area contributed by atoms with E-state index in [2.05, 4.69) is 10.1 Å². The van der Waals surface area contributed by atoms with Gasteiger partial charge in [-0.15, -0.1) is 11.3 Å². The third-order valence-electron chi connectivity index (χ3n) is 2.60. The summed E-state index contributed by atoms with van der Waals surface area (Å²) in [6.45, 7) is 4.68. The van der Waals surface area contributed by atoms with Crippen LogP contribution >= 0.6 is 22.9 Å². The lowest BCUT2D eigenvalue weighted by molar-refractivity contribution is 0.178. The molecular weight excluding hydrogens is 258 g/mol. The van der Waals surface area contributed by atoms with Gasteiger partial charge in [0, 0.05) is 13.0 Å². The van der Waals surface area contributed by atoms with Crippen LogP contribution in [0.1, 0.15) is 29.3 Å². The number of nitrogens with zero attached hydrogens (tertiary/aromatic N) is 3. The van der Waals surface area contributed by atoms with Crippen LogP contribution < -0.4 is 0 Å². The number of hydrogen-bond donors (Lipinski definition) is 1. The first kappa shape index (κ1) is 12.5. The Morgan fingerprint density at radius 3 is 2.94 bits per heavy atom. The summed E-state index contributed by atoms with van der Waals surface area (Å²) in [4.78, 5) is 4.94. The molecule has 0 saturated heterocycles. The maximum atomic E-state index is 10.2.